The topological polar surface area (TPSA) is 92.7 Å². The van der Waals surface area contributed by atoms with Crippen LogP contribution in [-0.2, 0) is 10.0 Å². The maximum Gasteiger partial charge on any atom is 0.238 e. The quantitative estimate of drug-likeness (QED) is 0.776. The predicted molar refractivity (Wildman–Crippen MR) is 83.8 cm³/mol. The second-order valence-corrected chi connectivity index (χ2v) is 7.52. The Hall–Kier alpha value is -1.31. The van der Waals surface area contributed by atoms with Gasteiger partial charge in [-0.15, -0.1) is 0 Å². The fourth-order valence-corrected chi connectivity index (χ4v) is 4.36. The minimum absolute atomic E-state index is 0.131. The molecule has 0 aromatic heterocycles. The third-order valence-electron chi connectivity index (χ3n) is 4.59. The van der Waals surface area contributed by atoms with Crippen molar-refractivity contribution in [3.05, 3.63) is 17.7 Å². The summed E-state index contributed by atoms with van der Waals surface area (Å²) >= 11 is 0. The van der Waals surface area contributed by atoms with Crippen molar-refractivity contribution in [3.8, 4) is 0 Å². The molecule has 116 valence electrons. The van der Waals surface area contributed by atoms with E-state index in [4.69, 9.17) is 10.9 Å². The molecule has 2 heterocycles. The molecular formula is C14H22N4O2S. The van der Waals surface area contributed by atoms with E-state index in [0.29, 0.717) is 17.3 Å². The zero-order chi connectivity index (χ0) is 15.2. The van der Waals surface area contributed by atoms with Crippen molar-refractivity contribution in [1.29, 1.82) is 0 Å². The molecule has 6 nitrogen and oxygen atoms in total. The zero-order valence-electron chi connectivity index (χ0n) is 12.2. The van der Waals surface area contributed by atoms with E-state index in [9.17, 15) is 8.42 Å². The highest BCUT2D eigenvalue weighted by Gasteiger charge is 2.31. The van der Waals surface area contributed by atoms with Crippen LogP contribution in [-0.4, -0.2) is 45.5 Å². The third kappa shape index (κ3) is 2.73. The SMILES string of the molecule is Cc1c(N2CCN3CCCC3C2)cc(N)cc1S(N)(=O)=O. The van der Waals surface area contributed by atoms with E-state index >= 15 is 0 Å². The summed E-state index contributed by atoms with van der Waals surface area (Å²) in [5.74, 6) is 0. The summed E-state index contributed by atoms with van der Waals surface area (Å²) in [6, 6.07) is 3.87. The molecule has 0 aliphatic carbocycles. The molecule has 21 heavy (non-hydrogen) atoms. The van der Waals surface area contributed by atoms with E-state index in [1.807, 2.05) is 6.07 Å². The molecule has 2 fully saturated rings. The standard InChI is InChI=1S/C14H22N4O2S/c1-10-13(7-11(15)8-14(10)21(16,19)20)18-6-5-17-4-2-3-12(17)9-18/h7-8,12H,2-6,9,15H2,1H3,(H2,16,19,20). The van der Waals surface area contributed by atoms with Crippen molar-refractivity contribution < 1.29 is 8.42 Å². The highest BCUT2D eigenvalue weighted by molar-refractivity contribution is 7.89. The lowest BCUT2D eigenvalue weighted by Gasteiger charge is -2.39. The first-order valence-corrected chi connectivity index (χ1v) is 8.83. The molecule has 0 saturated carbocycles. The molecule has 1 atom stereocenters. The number of hydrogen-bond donors (Lipinski definition) is 2. The van der Waals surface area contributed by atoms with Gasteiger partial charge in [0.2, 0.25) is 10.0 Å². The fourth-order valence-electron chi connectivity index (χ4n) is 3.53. The molecule has 2 saturated heterocycles. The number of nitrogens with zero attached hydrogens (tertiary/aromatic N) is 2. The average molecular weight is 310 g/mol. The van der Waals surface area contributed by atoms with Crippen LogP contribution in [0.3, 0.4) is 0 Å². The van der Waals surface area contributed by atoms with Gasteiger partial charge in [0, 0.05) is 37.1 Å². The number of sulfonamides is 1. The Labute approximate surface area is 125 Å². The van der Waals surface area contributed by atoms with Crippen LogP contribution in [0.5, 0.6) is 0 Å². The summed E-state index contributed by atoms with van der Waals surface area (Å²) in [4.78, 5) is 4.89. The van der Waals surface area contributed by atoms with Crippen molar-refractivity contribution in [1.82, 2.24) is 4.90 Å². The van der Waals surface area contributed by atoms with Crippen molar-refractivity contribution in [2.45, 2.75) is 30.7 Å². The van der Waals surface area contributed by atoms with Crippen LogP contribution in [0.25, 0.3) is 0 Å². The predicted octanol–water partition coefficient (Wildman–Crippen LogP) is 0.509. The van der Waals surface area contributed by atoms with E-state index in [0.717, 1.165) is 25.3 Å². The lowest BCUT2D eigenvalue weighted by molar-refractivity contribution is 0.231. The van der Waals surface area contributed by atoms with Gasteiger partial charge in [0.15, 0.2) is 0 Å². The molecule has 1 unspecified atom stereocenters. The number of fused-ring (bicyclic) bond motifs is 1. The van der Waals surface area contributed by atoms with Gasteiger partial charge in [-0.1, -0.05) is 0 Å². The second-order valence-electron chi connectivity index (χ2n) is 5.99. The summed E-state index contributed by atoms with van der Waals surface area (Å²) in [7, 11) is -3.75. The van der Waals surface area contributed by atoms with Gasteiger partial charge in [-0.05, 0) is 44.0 Å². The molecule has 1 aromatic rings. The van der Waals surface area contributed by atoms with Crippen LogP contribution >= 0.6 is 0 Å². The Balaban J connectivity index is 1.97. The first-order chi connectivity index (χ1) is 9.86. The second kappa shape index (κ2) is 5.15. The summed E-state index contributed by atoms with van der Waals surface area (Å²) in [6.07, 6.45) is 2.46. The Morgan fingerprint density at radius 2 is 2.00 bits per heavy atom. The highest BCUT2D eigenvalue weighted by Crippen LogP contribution is 2.32. The van der Waals surface area contributed by atoms with Crippen LogP contribution in [0.15, 0.2) is 17.0 Å². The number of hydrogen-bond acceptors (Lipinski definition) is 5. The van der Waals surface area contributed by atoms with E-state index in [2.05, 4.69) is 9.80 Å². The molecule has 7 heteroatoms. The highest BCUT2D eigenvalue weighted by atomic mass is 32.2. The van der Waals surface area contributed by atoms with Gasteiger partial charge in [-0.3, -0.25) is 4.90 Å². The monoisotopic (exact) mass is 310 g/mol. The maximum atomic E-state index is 11.7. The van der Waals surface area contributed by atoms with Gasteiger partial charge >= 0.3 is 0 Å². The maximum absolute atomic E-state index is 11.7. The first kappa shape index (κ1) is 14.6. The Morgan fingerprint density at radius 3 is 2.71 bits per heavy atom. The summed E-state index contributed by atoms with van der Waals surface area (Å²) in [5.41, 5.74) is 7.91. The van der Waals surface area contributed by atoms with Gasteiger partial charge < -0.3 is 10.6 Å². The van der Waals surface area contributed by atoms with Crippen LogP contribution < -0.4 is 15.8 Å². The smallest absolute Gasteiger partial charge is 0.238 e. The van der Waals surface area contributed by atoms with Crippen LogP contribution in [0.1, 0.15) is 18.4 Å². The molecule has 0 amide bonds. The largest absolute Gasteiger partial charge is 0.399 e. The van der Waals surface area contributed by atoms with E-state index in [1.165, 1.54) is 25.5 Å². The molecule has 0 spiro atoms. The normalized spacial score (nSPS) is 23.3. The van der Waals surface area contributed by atoms with Crippen molar-refractivity contribution >= 4 is 21.4 Å². The van der Waals surface area contributed by atoms with Crippen molar-refractivity contribution in [2.75, 3.05) is 36.8 Å². The molecule has 1 aromatic carbocycles. The number of nitrogens with two attached hydrogens (primary N) is 2. The minimum atomic E-state index is -3.75. The molecule has 4 N–H and O–H groups in total. The molecule has 0 bridgehead atoms. The Morgan fingerprint density at radius 1 is 1.24 bits per heavy atom. The molecule has 3 rings (SSSR count). The fraction of sp³-hybridized carbons (Fsp3) is 0.571. The van der Waals surface area contributed by atoms with Gasteiger partial charge in [0.25, 0.3) is 0 Å². The Bertz CT molecular complexity index is 659. The number of benzene rings is 1. The van der Waals surface area contributed by atoms with E-state index < -0.39 is 10.0 Å². The van der Waals surface area contributed by atoms with Crippen molar-refractivity contribution in [2.24, 2.45) is 5.14 Å². The first-order valence-electron chi connectivity index (χ1n) is 7.28. The van der Waals surface area contributed by atoms with Gasteiger partial charge in [-0.2, -0.15) is 0 Å². The van der Waals surface area contributed by atoms with Gasteiger partial charge in [-0.25, -0.2) is 13.6 Å². The number of rotatable bonds is 2. The number of piperazine rings is 1. The molecule has 2 aliphatic rings. The van der Waals surface area contributed by atoms with Crippen LogP contribution in [0, 0.1) is 6.92 Å². The Kier molecular flexibility index (Phi) is 3.59. The third-order valence-corrected chi connectivity index (χ3v) is 5.63. The minimum Gasteiger partial charge on any atom is -0.399 e. The molecular weight excluding hydrogens is 288 g/mol. The summed E-state index contributed by atoms with van der Waals surface area (Å²) < 4.78 is 23.4. The molecule has 2 aliphatic heterocycles. The van der Waals surface area contributed by atoms with E-state index in [-0.39, 0.29) is 4.90 Å². The summed E-state index contributed by atoms with van der Waals surface area (Å²) in [6.45, 7) is 5.81. The van der Waals surface area contributed by atoms with Crippen LogP contribution in [0.4, 0.5) is 11.4 Å². The summed E-state index contributed by atoms with van der Waals surface area (Å²) in [5, 5.41) is 5.30. The number of anilines is 2. The van der Waals surface area contributed by atoms with Gasteiger partial charge in [0.05, 0.1) is 4.90 Å². The number of primary sulfonamides is 1. The lowest BCUT2D eigenvalue weighted by atomic mass is 10.1. The molecule has 0 radical (unpaired) electrons. The lowest BCUT2D eigenvalue weighted by Crippen LogP contribution is -2.50. The number of nitrogen functional groups attached to an aromatic ring is 1. The van der Waals surface area contributed by atoms with Crippen LogP contribution in [0.2, 0.25) is 0 Å². The average Bonchev–Trinajstić information content (AvgIpc) is 2.87. The zero-order valence-corrected chi connectivity index (χ0v) is 13.1. The van der Waals surface area contributed by atoms with E-state index in [1.54, 1.807) is 6.92 Å². The van der Waals surface area contributed by atoms with Gasteiger partial charge in [0.1, 0.15) is 0 Å². The van der Waals surface area contributed by atoms with Crippen molar-refractivity contribution in [3.63, 3.8) is 0 Å².